The fraction of sp³-hybridized carbons (Fsp3) is 0.946. The summed E-state index contributed by atoms with van der Waals surface area (Å²) in [7, 11) is 0. The monoisotopic (exact) mass is 877 g/mol. The second kappa shape index (κ2) is 52.0. The van der Waals surface area contributed by atoms with E-state index in [0.29, 0.717) is 19.3 Å². The molecule has 0 amide bonds. The van der Waals surface area contributed by atoms with Gasteiger partial charge >= 0.3 is 17.9 Å². The highest BCUT2D eigenvalue weighted by Crippen LogP contribution is 2.17. The van der Waals surface area contributed by atoms with Gasteiger partial charge in [0.15, 0.2) is 6.10 Å². The number of unbranched alkanes of at least 4 members (excludes halogenated alkanes) is 41. The number of carbonyl (C=O) groups excluding carboxylic acids is 3. The molecule has 6 nitrogen and oxygen atoms in total. The zero-order valence-corrected chi connectivity index (χ0v) is 42.2. The highest BCUT2D eigenvalue weighted by Gasteiger charge is 2.19. The van der Waals surface area contributed by atoms with Crippen molar-refractivity contribution in [3.8, 4) is 0 Å². The van der Waals surface area contributed by atoms with Crippen LogP contribution in [0.1, 0.15) is 323 Å². The molecule has 0 heterocycles. The second-order valence-corrected chi connectivity index (χ2v) is 19.2. The zero-order valence-electron chi connectivity index (χ0n) is 42.2. The van der Waals surface area contributed by atoms with Crippen LogP contribution in [0.3, 0.4) is 0 Å². The maximum atomic E-state index is 12.8. The lowest BCUT2D eigenvalue weighted by molar-refractivity contribution is -0.167. The Morgan fingerprint density at radius 1 is 0.258 bits per heavy atom. The van der Waals surface area contributed by atoms with Crippen molar-refractivity contribution in [2.45, 2.75) is 329 Å². The first kappa shape index (κ1) is 60.4. The average molecular weight is 877 g/mol. The highest BCUT2D eigenvalue weighted by atomic mass is 16.6. The number of rotatable bonds is 52. The van der Waals surface area contributed by atoms with Crippen LogP contribution in [-0.4, -0.2) is 37.2 Å². The van der Waals surface area contributed by atoms with Crippen LogP contribution in [0.4, 0.5) is 0 Å². The molecule has 0 saturated heterocycles. The molecule has 0 aliphatic heterocycles. The maximum absolute atomic E-state index is 12.8. The van der Waals surface area contributed by atoms with E-state index in [-0.39, 0.29) is 31.1 Å². The Balaban J connectivity index is 4.24. The van der Waals surface area contributed by atoms with E-state index in [1.165, 1.54) is 225 Å². The zero-order chi connectivity index (χ0) is 45.1. The molecule has 0 unspecified atom stereocenters. The summed E-state index contributed by atoms with van der Waals surface area (Å²) in [6.45, 7) is 6.69. The molecule has 1 atom stereocenters. The van der Waals surface area contributed by atoms with E-state index in [0.717, 1.165) is 57.8 Å². The lowest BCUT2D eigenvalue weighted by Crippen LogP contribution is -2.30. The van der Waals surface area contributed by atoms with E-state index in [2.05, 4.69) is 20.8 Å². The topological polar surface area (TPSA) is 78.9 Å². The van der Waals surface area contributed by atoms with Gasteiger partial charge in [0.25, 0.3) is 0 Å². The van der Waals surface area contributed by atoms with Crippen molar-refractivity contribution in [1.82, 2.24) is 0 Å². The second-order valence-electron chi connectivity index (χ2n) is 19.2. The van der Waals surface area contributed by atoms with Crippen molar-refractivity contribution < 1.29 is 28.6 Å². The van der Waals surface area contributed by atoms with Crippen LogP contribution < -0.4 is 0 Å². The minimum absolute atomic E-state index is 0.0613. The predicted octanol–water partition coefficient (Wildman–Crippen LogP) is 18.4. The largest absolute Gasteiger partial charge is 0.462 e. The van der Waals surface area contributed by atoms with Gasteiger partial charge in [-0.3, -0.25) is 14.4 Å². The van der Waals surface area contributed by atoms with E-state index in [1.54, 1.807) is 0 Å². The molecule has 0 radical (unpaired) electrons. The SMILES string of the molecule is CCCCCCCCCCCCCCCCCCCCCC(=O)OC[C@H](COC(=O)CCCCCCCCCCCCC)OC(=O)CCCCCCCCCCCCCCCC. The Bertz CT molecular complexity index is 920. The summed E-state index contributed by atoms with van der Waals surface area (Å²) in [5.74, 6) is -0.836. The Kier molecular flexibility index (Phi) is 50.7. The van der Waals surface area contributed by atoms with Gasteiger partial charge < -0.3 is 14.2 Å². The minimum atomic E-state index is -0.760. The third-order valence-electron chi connectivity index (χ3n) is 12.9. The molecular formula is C56H108O6. The first-order valence-electron chi connectivity index (χ1n) is 28.0. The van der Waals surface area contributed by atoms with Gasteiger partial charge in [0, 0.05) is 19.3 Å². The molecule has 368 valence electrons. The van der Waals surface area contributed by atoms with Gasteiger partial charge in [0.2, 0.25) is 0 Å². The fourth-order valence-corrected chi connectivity index (χ4v) is 8.62. The normalized spacial score (nSPS) is 11.9. The van der Waals surface area contributed by atoms with Crippen molar-refractivity contribution >= 4 is 17.9 Å². The van der Waals surface area contributed by atoms with E-state index in [9.17, 15) is 14.4 Å². The van der Waals surface area contributed by atoms with Gasteiger partial charge in [-0.25, -0.2) is 0 Å². The van der Waals surface area contributed by atoms with Gasteiger partial charge in [-0.05, 0) is 19.3 Å². The highest BCUT2D eigenvalue weighted by molar-refractivity contribution is 5.71. The number of ether oxygens (including phenoxy) is 3. The van der Waals surface area contributed by atoms with Crippen LogP contribution in [0.25, 0.3) is 0 Å². The van der Waals surface area contributed by atoms with Crippen LogP contribution >= 0.6 is 0 Å². The summed E-state index contributed by atoms with van der Waals surface area (Å²) in [5.41, 5.74) is 0. The third-order valence-corrected chi connectivity index (χ3v) is 12.9. The molecular weight excluding hydrogens is 769 g/mol. The first-order chi connectivity index (χ1) is 30.5. The fourth-order valence-electron chi connectivity index (χ4n) is 8.62. The Morgan fingerprint density at radius 2 is 0.435 bits per heavy atom. The lowest BCUT2D eigenvalue weighted by Gasteiger charge is -2.18. The van der Waals surface area contributed by atoms with Gasteiger partial charge in [-0.2, -0.15) is 0 Å². The summed E-state index contributed by atoms with van der Waals surface area (Å²) in [6, 6.07) is 0. The molecule has 0 aliphatic carbocycles. The quantitative estimate of drug-likeness (QED) is 0.0344. The maximum Gasteiger partial charge on any atom is 0.306 e. The summed E-state index contributed by atoms with van der Waals surface area (Å²) < 4.78 is 16.8. The molecule has 0 bridgehead atoms. The molecule has 0 aromatic carbocycles. The van der Waals surface area contributed by atoms with Crippen molar-refractivity contribution in [2.24, 2.45) is 0 Å². The molecule has 6 heteroatoms. The molecule has 0 fully saturated rings. The van der Waals surface area contributed by atoms with Crippen LogP contribution in [0.15, 0.2) is 0 Å². The summed E-state index contributed by atoms with van der Waals surface area (Å²) in [5, 5.41) is 0. The van der Waals surface area contributed by atoms with Gasteiger partial charge in [0.05, 0.1) is 0 Å². The van der Waals surface area contributed by atoms with E-state index in [4.69, 9.17) is 14.2 Å². The number of carbonyl (C=O) groups is 3. The molecule has 0 N–H and O–H groups in total. The number of esters is 3. The van der Waals surface area contributed by atoms with Gasteiger partial charge in [-0.1, -0.05) is 284 Å². The molecule has 0 aromatic heterocycles. The van der Waals surface area contributed by atoms with E-state index in [1.807, 2.05) is 0 Å². The lowest BCUT2D eigenvalue weighted by atomic mass is 10.0. The van der Waals surface area contributed by atoms with E-state index < -0.39 is 6.10 Å². The molecule has 0 spiro atoms. The molecule has 0 aliphatic rings. The third kappa shape index (κ3) is 49.4. The summed E-state index contributed by atoms with van der Waals surface area (Å²) >= 11 is 0. The summed E-state index contributed by atoms with van der Waals surface area (Å²) in [6.07, 6.45) is 56.6. The molecule has 0 rings (SSSR count). The van der Waals surface area contributed by atoms with Gasteiger partial charge in [-0.15, -0.1) is 0 Å². The molecule has 0 aromatic rings. The first-order valence-corrected chi connectivity index (χ1v) is 28.0. The smallest absolute Gasteiger partial charge is 0.306 e. The van der Waals surface area contributed by atoms with E-state index >= 15 is 0 Å². The van der Waals surface area contributed by atoms with Crippen molar-refractivity contribution in [3.05, 3.63) is 0 Å². The van der Waals surface area contributed by atoms with Crippen LogP contribution in [0.2, 0.25) is 0 Å². The standard InChI is InChI=1S/C56H108O6/c1-4-7-10-13-16-19-22-24-26-27-28-29-30-32-34-37-40-43-46-49-55(58)61-52-53(51-60-54(57)48-45-42-39-36-33-21-18-15-12-9-6-3)62-56(59)50-47-44-41-38-35-31-25-23-20-17-14-11-8-5-2/h53H,4-52H2,1-3H3/t53-/m0/s1. The van der Waals surface area contributed by atoms with Crippen LogP contribution in [0.5, 0.6) is 0 Å². The van der Waals surface area contributed by atoms with Crippen molar-refractivity contribution in [3.63, 3.8) is 0 Å². The Labute approximate surface area is 387 Å². The Hall–Kier alpha value is -1.59. The molecule has 62 heavy (non-hydrogen) atoms. The summed E-state index contributed by atoms with van der Waals surface area (Å²) in [4.78, 5) is 38.0. The Morgan fingerprint density at radius 3 is 0.645 bits per heavy atom. The molecule has 0 saturated carbocycles. The number of hydrogen-bond donors (Lipinski definition) is 0. The van der Waals surface area contributed by atoms with Crippen LogP contribution in [-0.2, 0) is 28.6 Å². The van der Waals surface area contributed by atoms with Crippen molar-refractivity contribution in [1.29, 1.82) is 0 Å². The van der Waals surface area contributed by atoms with Crippen LogP contribution in [0, 0.1) is 0 Å². The van der Waals surface area contributed by atoms with Crippen molar-refractivity contribution in [2.75, 3.05) is 13.2 Å². The number of hydrogen-bond acceptors (Lipinski definition) is 6. The average Bonchev–Trinajstić information content (AvgIpc) is 3.27. The minimum Gasteiger partial charge on any atom is -0.462 e. The van der Waals surface area contributed by atoms with Gasteiger partial charge in [0.1, 0.15) is 13.2 Å². The predicted molar refractivity (Wildman–Crippen MR) is 266 cm³/mol.